The van der Waals surface area contributed by atoms with Crippen LogP contribution in [-0.4, -0.2) is 52.0 Å². The van der Waals surface area contributed by atoms with Gasteiger partial charge in [0.15, 0.2) is 0 Å². The first-order valence-electron chi connectivity index (χ1n) is 6.20. The normalized spacial score (nSPS) is 26.5. The third kappa shape index (κ3) is 5.02. The SMILES string of the molecule is COCC(CNC(=O)C1CCC(C)NC1)OC. The number of hydrogen-bond acceptors (Lipinski definition) is 4. The first-order chi connectivity index (χ1) is 8.17. The molecule has 5 nitrogen and oxygen atoms in total. The van der Waals surface area contributed by atoms with E-state index in [2.05, 4.69) is 17.6 Å². The van der Waals surface area contributed by atoms with E-state index in [0.717, 1.165) is 19.4 Å². The van der Waals surface area contributed by atoms with Crippen LogP contribution in [0.2, 0.25) is 0 Å². The lowest BCUT2D eigenvalue weighted by Crippen LogP contribution is -2.46. The topological polar surface area (TPSA) is 59.6 Å². The highest BCUT2D eigenvalue weighted by atomic mass is 16.5. The second kappa shape index (κ2) is 7.63. The van der Waals surface area contributed by atoms with Crippen LogP contribution in [0.3, 0.4) is 0 Å². The Morgan fingerprint density at radius 3 is 2.76 bits per heavy atom. The number of methoxy groups -OCH3 is 2. The molecule has 0 radical (unpaired) electrons. The van der Waals surface area contributed by atoms with Crippen LogP contribution in [0.1, 0.15) is 19.8 Å². The van der Waals surface area contributed by atoms with Crippen molar-refractivity contribution in [1.82, 2.24) is 10.6 Å². The first-order valence-corrected chi connectivity index (χ1v) is 6.20. The maximum atomic E-state index is 11.9. The van der Waals surface area contributed by atoms with Gasteiger partial charge in [-0.15, -0.1) is 0 Å². The maximum Gasteiger partial charge on any atom is 0.224 e. The van der Waals surface area contributed by atoms with Gasteiger partial charge in [-0.05, 0) is 19.8 Å². The average molecular weight is 244 g/mol. The van der Waals surface area contributed by atoms with Crippen LogP contribution in [-0.2, 0) is 14.3 Å². The van der Waals surface area contributed by atoms with Crippen molar-refractivity contribution in [2.75, 3.05) is 33.9 Å². The molecule has 0 aromatic carbocycles. The van der Waals surface area contributed by atoms with Crippen LogP contribution in [0, 0.1) is 5.92 Å². The quantitative estimate of drug-likeness (QED) is 0.698. The molecule has 3 unspecified atom stereocenters. The summed E-state index contributed by atoms with van der Waals surface area (Å²) >= 11 is 0. The average Bonchev–Trinajstić information content (AvgIpc) is 2.35. The fourth-order valence-electron chi connectivity index (χ4n) is 1.98. The minimum atomic E-state index is -0.0700. The molecule has 0 bridgehead atoms. The third-order valence-corrected chi connectivity index (χ3v) is 3.22. The zero-order valence-corrected chi connectivity index (χ0v) is 11.0. The minimum absolute atomic E-state index is 0.0700. The van der Waals surface area contributed by atoms with Crippen LogP contribution in [0.5, 0.6) is 0 Å². The molecule has 1 aliphatic heterocycles. The predicted molar refractivity (Wildman–Crippen MR) is 65.9 cm³/mol. The van der Waals surface area contributed by atoms with Gasteiger partial charge in [0.2, 0.25) is 5.91 Å². The summed E-state index contributed by atoms with van der Waals surface area (Å²) in [6.07, 6.45) is 1.95. The molecule has 0 aliphatic carbocycles. The van der Waals surface area contributed by atoms with Crippen molar-refractivity contribution >= 4 is 5.91 Å². The number of ether oxygens (including phenoxy) is 2. The molecule has 100 valence electrons. The van der Waals surface area contributed by atoms with E-state index in [1.54, 1.807) is 14.2 Å². The summed E-state index contributed by atoms with van der Waals surface area (Å²) in [6, 6.07) is 0.527. The van der Waals surface area contributed by atoms with Gasteiger partial charge in [-0.3, -0.25) is 4.79 Å². The molecule has 1 aliphatic rings. The van der Waals surface area contributed by atoms with Crippen LogP contribution in [0.15, 0.2) is 0 Å². The van der Waals surface area contributed by atoms with Gasteiger partial charge < -0.3 is 20.1 Å². The zero-order chi connectivity index (χ0) is 12.7. The van der Waals surface area contributed by atoms with Gasteiger partial charge in [-0.1, -0.05) is 0 Å². The van der Waals surface area contributed by atoms with Crippen molar-refractivity contribution in [1.29, 1.82) is 0 Å². The van der Waals surface area contributed by atoms with Gasteiger partial charge in [0, 0.05) is 33.4 Å². The Bertz CT molecular complexity index is 228. The molecule has 3 atom stereocenters. The van der Waals surface area contributed by atoms with Crippen molar-refractivity contribution in [3.8, 4) is 0 Å². The van der Waals surface area contributed by atoms with Gasteiger partial charge in [0.05, 0.1) is 18.6 Å². The summed E-state index contributed by atoms with van der Waals surface area (Å²) in [6.45, 7) is 3.93. The summed E-state index contributed by atoms with van der Waals surface area (Å²) in [5.41, 5.74) is 0. The number of amides is 1. The van der Waals surface area contributed by atoms with E-state index in [1.165, 1.54) is 0 Å². The highest BCUT2D eigenvalue weighted by Gasteiger charge is 2.24. The highest BCUT2D eigenvalue weighted by molar-refractivity contribution is 5.79. The lowest BCUT2D eigenvalue weighted by Gasteiger charge is -2.27. The molecule has 2 N–H and O–H groups in total. The molecule has 1 saturated heterocycles. The van der Waals surface area contributed by atoms with Gasteiger partial charge in [-0.2, -0.15) is 0 Å². The maximum absolute atomic E-state index is 11.9. The lowest BCUT2D eigenvalue weighted by molar-refractivity contribution is -0.126. The smallest absolute Gasteiger partial charge is 0.224 e. The van der Waals surface area contributed by atoms with Gasteiger partial charge in [0.25, 0.3) is 0 Å². The van der Waals surface area contributed by atoms with Crippen molar-refractivity contribution in [2.24, 2.45) is 5.92 Å². The first kappa shape index (κ1) is 14.4. The molecule has 5 heteroatoms. The Balaban J connectivity index is 2.24. The molecule has 1 amide bonds. The van der Waals surface area contributed by atoms with Crippen molar-refractivity contribution in [2.45, 2.75) is 31.9 Å². The van der Waals surface area contributed by atoms with Gasteiger partial charge >= 0.3 is 0 Å². The number of carbonyl (C=O) groups is 1. The van der Waals surface area contributed by atoms with E-state index < -0.39 is 0 Å². The molecule has 0 spiro atoms. The Kier molecular flexibility index (Phi) is 6.47. The number of carbonyl (C=O) groups excluding carboxylic acids is 1. The summed E-state index contributed by atoms with van der Waals surface area (Å²) in [5, 5.41) is 6.24. The molecule has 0 aromatic heterocycles. The van der Waals surface area contributed by atoms with E-state index in [4.69, 9.17) is 9.47 Å². The third-order valence-electron chi connectivity index (χ3n) is 3.22. The molecule has 1 fully saturated rings. The van der Waals surface area contributed by atoms with Crippen molar-refractivity contribution in [3.05, 3.63) is 0 Å². The second-order valence-electron chi connectivity index (χ2n) is 4.64. The fourth-order valence-corrected chi connectivity index (χ4v) is 1.98. The van der Waals surface area contributed by atoms with Crippen molar-refractivity contribution < 1.29 is 14.3 Å². The van der Waals surface area contributed by atoms with E-state index in [1.807, 2.05) is 0 Å². The standard InChI is InChI=1S/C12H24N2O3/c1-9-4-5-10(6-13-9)12(15)14-7-11(17-3)8-16-2/h9-11,13H,4-8H2,1-3H3,(H,14,15). The van der Waals surface area contributed by atoms with Crippen molar-refractivity contribution in [3.63, 3.8) is 0 Å². The molecular weight excluding hydrogens is 220 g/mol. The molecule has 1 rings (SSSR count). The summed E-state index contributed by atoms with van der Waals surface area (Å²) < 4.78 is 10.2. The van der Waals surface area contributed by atoms with Crippen LogP contribution < -0.4 is 10.6 Å². The fraction of sp³-hybridized carbons (Fsp3) is 0.917. The van der Waals surface area contributed by atoms with E-state index in [9.17, 15) is 4.79 Å². The second-order valence-corrected chi connectivity index (χ2v) is 4.64. The van der Waals surface area contributed by atoms with E-state index in [0.29, 0.717) is 19.2 Å². The number of piperidine rings is 1. The molecule has 17 heavy (non-hydrogen) atoms. The molecule has 1 heterocycles. The van der Waals surface area contributed by atoms with E-state index >= 15 is 0 Å². The van der Waals surface area contributed by atoms with E-state index in [-0.39, 0.29) is 17.9 Å². The largest absolute Gasteiger partial charge is 0.382 e. The summed E-state index contributed by atoms with van der Waals surface area (Å²) in [5.74, 6) is 0.203. The lowest BCUT2D eigenvalue weighted by atomic mass is 9.95. The van der Waals surface area contributed by atoms with Gasteiger partial charge in [0.1, 0.15) is 0 Å². The molecule has 0 aromatic rings. The number of rotatable bonds is 6. The van der Waals surface area contributed by atoms with Gasteiger partial charge in [-0.25, -0.2) is 0 Å². The Morgan fingerprint density at radius 1 is 1.47 bits per heavy atom. The van der Waals surface area contributed by atoms with Crippen LogP contribution in [0.25, 0.3) is 0 Å². The summed E-state index contributed by atoms with van der Waals surface area (Å²) in [7, 11) is 3.25. The predicted octanol–water partition coefficient (Wildman–Crippen LogP) is 0.152. The number of nitrogens with one attached hydrogen (secondary N) is 2. The Labute approximate surface area is 103 Å². The van der Waals surface area contributed by atoms with Crippen LogP contribution >= 0.6 is 0 Å². The molecular formula is C12H24N2O3. The highest BCUT2D eigenvalue weighted by Crippen LogP contribution is 2.13. The Morgan fingerprint density at radius 2 is 2.24 bits per heavy atom. The number of hydrogen-bond donors (Lipinski definition) is 2. The van der Waals surface area contributed by atoms with Crippen LogP contribution in [0.4, 0.5) is 0 Å². The summed E-state index contributed by atoms with van der Waals surface area (Å²) in [4.78, 5) is 11.9. The minimum Gasteiger partial charge on any atom is -0.382 e. The Hall–Kier alpha value is -0.650. The molecule has 0 saturated carbocycles. The zero-order valence-electron chi connectivity index (χ0n) is 11.0. The monoisotopic (exact) mass is 244 g/mol.